The van der Waals surface area contributed by atoms with E-state index in [0.29, 0.717) is 0 Å². The van der Waals surface area contributed by atoms with Crippen LogP contribution in [0.2, 0.25) is 0 Å². The van der Waals surface area contributed by atoms with Crippen LogP contribution in [0.25, 0.3) is 62.7 Å². The monoisotopic (exact) mass is 839 g/mol. The van der Waals surface area contributed by atoms with Crippen molar-refractivity contribution in [2.24, 2.45) is 0 Å². The normalized spacial score (nSPS) is 15.4. The van der Waals surface area contributed by atoms with Crippen LogP contribution < -0.4 is 4.90 Å². The minimum atomic E-state index is -0.182. The largest absolute Gasteiger partial charge is 0.310 e. The molecular weight excluding hydrogens is 783 g/mol. The van der Waals surface area contributed by atoms with Crippen molar-refractivity contribution in [1.29, 1.82) is 0 Å². The van der Waals surface area contributed by atoms with E-state index in [0.717, 1.165) is 5.69 Å². The number of allylic oxidation sites excluding steroid dienone is 1. The Hall–Kier alpha value is -6.96. The Balaban J connectivity index is 0.903. The predicted molar refractivity (Wildman–Crippen MR) is 279 cm³/mol. The summed E-state index contributed by atoms with van der Waals surface area (Å²) in [5.74, 6) is 0. The fourth-order valence-corrected chi connectivity index (χ4v) is 11.6. The highest BCUT2D eigenvalue weighted by molar-refractivity contribution is 5.89. The Morgan fingerprint density at radius 3 is 1.31 bits per heavy atom. The molecule has 8 aromatic rings. The highest BCUT2D eigenvalue weighted by atomic mass is 15.1. The van der Waals surface area contributed by atoms with E-state index in [1.54, 1.807) is 0 Å². The van der Waals surface area contributed by atoms with Gasteiger partial charge in [0.1, 0.15) is 0 Å². The summed E-state index contributed by atoms with van der Waals surface area (Å²) in [7, 11) is 0. The van der Waals surface area contributed by atoms with E-state index < -0.39 is 0 Å². The zero-order valence-electron chi connectivity index (χ0n) is 39.3. The van der Waals surface area contributed by atoms with Crippen LogP contribution in [-0.4, -0.2) is 0 Å². The third-order valence-electron chi connectivity index (χ3n) is 15.0. The lowest BCUT2D eigenvalue weighted by Crippen LogP contribution is -2.17. The fraction of sp³-hybridized carbons (Fsp3) is 0.188. The number of hydrogen-bond acceptors (Lipinski definition) is 1. The Bertz CT molecular complexity index is 3290. The summed E-state index contributed by atoms with van der Waals surface area (Å²) in [6, 6.07) is 60.1. The van der Waals surface area contributed by atoms with Crippen molar-refractivity contribution in [3.8, 4) is 44.5 Å². The zero-order valence-corrected chi connectivity index (χ0v) is 39.3. The first kappa shape index (κ1) is 40.8. The molecule has 0 spiro atoms. The Morgan fingerprint density at radius 1 is 0.338 bits per heavy atom. The quantitative estimate of drug-likeness (QED) is 0.145. The van der Waals surface area contributed by atoms with Gasteiger partial charge in [-0.1, -0.05) is 181 Å². The van der Waals surface area contributed by atoms with E-state index in [4.69, 9.17) is 0 Å². The van der Waals surface area contributed by atoms with E-state index in [1.807, 2.05) is 0 Å². The molecule has 0 fully saturated rings. The smallest absolute Gasteiger partial charge is 0.0466 e. The second-order valence-electron chi connectivity index (χ2n) is 20.4. The second kappa shape index (κ2) is 14.8. The minimum absolute atomic E-state index is 0.0352. The van der Waals surface area contributed by atoms with Gasteiger partial charge in [-0.15, -0.1) is 0 Å². The molecule has 0 amide bonds. The number of anilines is 3. The average molecular weight is 840 g/mol. The van der Waals surface area contributed by atoms with Crippen LogP contribution in [0.1, 0.15) is 110 Å². The maximum atomic E-state index is 2.45. The number of hydrogen-bond donors (Lipinski definition) is 0. The lowest BCUT2D eigenvalue weighted by Gasteiger charge is -2.29. The summed E-state index contributed by atoms with van der Waals surface area (Å²) < 4.78 is 0. The Labute approximate surface area is 386 Å². The minimum Gasteiger partial charge on any atom is -0.310 e. The molecule has 0 saturated heterocycles. The first-order chi connectivity index (χ1) is 31.2. The van der Waals surface area contributed by atoms with Gasteiger partial charge in [0, 0.05) is 33.3 Å². The van der Waals surface area contributed by atoms with Crippen molar-refractivity contribution in [1.82, 2.24) is 0 Å². The standard InChI is InChI=1S/C64H57N/c1-10-13-42-18-27-51-52-28-19-43(36-58(52)63(6,7)57(51)35-42)16-17-44-20-29-53-55-31-26-48(39-61(55)64(8,9)59(53)37-44)65(49-33-40(2)32-41(3)34-49)47-24-21-45(22-25-47)46-23-30-54-50-14-11-12-15-56(50)62(4,5)60(54)38-46/h10-39H,1-9H3/b13-10+,17-16+. The molecule has 0 saturated carbocycles. The zero-order chi connectivity index (χ0) is 45.0. The van der Waals surface area contributed by atoms with Crippen molar-refractivity contribution < 1.29 is 0 Å². The first-order valence-corrected chi connectivity index (χ1v) is 23.4. The molecule has 1 heteroatoms. The van der Waals surface area contributed by atoms with Crippen LogP contribution in [0, 0.1) is 13.8 Å². The molecular formula is C64H57N. The van der Waals surface area contributed by atoms with E-state index >= 15 is 0 Å². The first-order valence-electron chi connectivity index (χ1n) is 23.4. The molecule has 0 radical (unpaired) electrons. The summed E-state index contributed by atoms with van der Waals surface area (Å²) >= 11 is 0. The third-order valence-corrected chi connectivity index (χ3v) is 15.0. The van der Waals surface area contributed by atoms with Gasteiger partial charge in [-0.25, -0.2) is 0 Å². The highest BCUT2D eigenvalue weighted by Crippen LogP contribution is 2.53. The van der Waals surface area contributed by atoms with Crippen molar-refractivity contribution in [2.45, 2.75) is 78.6 Å². The average Bonchev–Trinajstić information content (AvgIpc) is 3.77. The van der Waals surface area contributed by atoms with Gasteiger partial charge in [0.25, 0.3) is 0 Å². The molecule has 0 unspecified atom stereocenters. The third kappa shape index (κ3) is 6.50. The molecule has 0 heterocycles. The molecule has 3 aliphatic carbocycles. The van der Waals surface area contributed by atoms with E-state index in [-0.39, 0.29) is 16.2 Å². The SMILES string of the molecule is C/C=C/c1ccc2c(c1)C(C)(C)c1cc(/C=C/c3ccc4c(c3)C(C)(C)c3cc(N(c5ccc(-c6ccc7c(c6)C(C)(C)c6ccccc6-7)cc5)c5cc(C)cc(C)c5)ccc3-4)ccc1-2. The van der Waals surface area contributed by atoms with Gasteiger partial charge in [0.2, 0.25) is 0 Å². The topological polar surface area (TPSA) is 3.24 Å². The number of nitrogens with zero attached hydrogens (tertiary/aromatic N) is 1. The lowest BCUT2D eigenvalue weighted by atomic mass is 9.81. The van der Waals surface area contributed by atoms with Crippen LogP contribution in [0.5, 0.6) is 0 Å². The summed E-state index contributed by atoms with van der Waals surface area (Å²) in [4.78, 5) is 2.44. The van der Waals surface area contributed by atoms with Crippen molar-refractivity contribution >= 4 is 35.3 Å². The van der Waals surface area contributed by atoms with Gasteiger partial charge in [0.05, 0.1) is 0 Å². The van der Waals surface area contributed by atoms with E-state index in [2.05, 4.69) is 249 Å². The number of fused-ring (bicyclic) bond motifs is 9. The van der Waals surface area contributed by atoms with Crippen LogP contribution >= 0.6 is 0 Å². The van der Waals surface area contributed by atoms with Gasteiger partial charge in [-0.3, -0.25) is 0 Å². The molecule has 0 N–H and O–H groups in total. The Morgan fingerprint density at radius 2 is 0.754 bits per heavy atom. The van der Waals surface area contributed by atoms with Crippen molar-refractivity contribution in [2.75, 3.05) is 4.90 Å². The van der Waals surface area contributed by atoms with Crippen LogP contribution in [0.15, 0.2) is 164 Å². The second-order valence-corrected chi connectivity index (χ2v) is 20.4. The fourth-order valence-electron chi connectivity index (χ4n) is 11.6. The molecule has 8 aromatic carbocycles. The van der Waals surface area contributed by atoms with Crippen LogP contribution in [0.4, 0.5) is 17.1 Å². The van der Waals surface area contributed by atoms with Gasteiger partial charge < -0.3 is 4.90 Å². The predicted octanol–water partition coefficient (Wildman–Crippen LogP) is 17.6. The molecule has 1 nitrogen and oxygen atoms in total. The lowest BCUT2D eigenvalue weighted by molar-refractivity contribution is 0.660. The van der Waals surface area contributed by atoms with Crippen molar-refractivity contribution in [3.63, 3.8) is 0 Å². The summed E-state index contributed by atoms with van der Waals surface area (Å²) in [5.41, 5.74) is 28.3. The summed E-state index contributed by atoms with van der Waals surface area (Å²) in [6.07, 6.45) is 8.89. The molecule has 3 aliphatic rings. The maximum Gasteiger partial charge on any atom is 0.0466 e. The van der Waals surface area contributed by atoms with Gasteiger partial charge >= 0.3 is 0 Å². The highest BCUT2D eigenvalue weighted by Gasteiger charge is 2.38. The Kier molecular flexibility index (Phi) is 9.28. The summed E-state index contributed by atoms with van der Waals surface area (Å²) in [5, 5.41) is 0. The molecule has 65 heavy (non-hydrogen) atoms. The van der Waals surface area contributed by atoms with E-state index in [1.165, 1.54) is 117 Å². The molecule has 0 bridgehead atoms. The van der Waals surface area contributed by atoms with Gasteiger partial charge in [-0.05, 0) is 169 Å². The van der Waals surface area contributed by atoms with Gasteiger partial charge in [0.15, 0.2) is 0 Å². The number of aryl methyl sites for hydroxylation is 2. The van der Waals surface area contributed by atoms with E-state index in [9.17, 15) is 0 Å². The summed E-state index contributed by atoms with van der Waals surface area (Å²) in [6.45, 7) is 20.7. The molecule has 318 valence electrons. The molecule has 11 rings (SSSR count). The van der Waals surface area contributed by atoms with Crippen LogP contribution in [0.3, 0.4) is 0 Å². The van der Waals surface area contributed by atoms with Crippen molar-refractivity contribution in [3.05, 3.63) is 225 Å². The number of benzene rings is 8. The maximum absolute atomic E-state index is 2.45. The van der Waals surface area contributed by atoms with Gasteiger partial charge in [-0.2, -0.15) is 0 Å². The van der Waals surface area contributed by atoms with Crippen LogP contribution in [-0.2, 0) is 16.2 Å². The number of rotatable bonds is 7. The molecule has 0 aliphatic heterocycles. The molecule has 0 atom stereocenters. The molecule has 0 aromatic heterocycles.